The Balaban J connectivity index is -0.00000112. The Hall–Kier alpha value is 1.13. The van der Waals surface area contributed by atoms with Gasteiger partial charge in [0.25, 0.3) is 20.2 Å². The summed E-state index contributed by atoms with van der Waals surface area (Å²) in [7, 11) is -5.26. The van der Waals surface area contributed by atoms with Crippen molar-refractivity contribution in [2.24, 2.45) is 0 Å². The van der Waals surface area contributed by atoms with Gasteiger partial charge < -0.3 is 1.43 Å². The minimum atomic E-state index is -4.20. The second kappa shape index (κ2) is 8.33. The summed E-state index contributed by atoms with van der Waals surface area (Å²) in [6, 6.07) is 0. The van der Waals surface area contributed by atoms with Crippen LogP contribution in [0.2, 0.25) is 0 Å². The van der Waals surface area contributed by atoms with Crippen LogP contribution in [0.1, 0.15) is 7.85 Å². The molecule has 0 aliphatic rings. The van der Waals surface area contributed by atoms with Crippen LogP contribution in [0.3, 0.4) is 0 Å². The third-order valence-electron chi connectivity index (χ3n) is 1.48. The summed E-state index contributed by atoms with van der Waals surface area (Å²) >= 11 is 0.890. The minimum Gasteiger partial charge on any atom is -1.00 e. The van der Waals surface area contributed by atoms with Crippen LogP contribution in [-0.2, 0) is 20.2 Å². The minimum absolute atomic E-state index is 0. The standard InChI is InChI=1S/C6H15NO6S3.Na.H/c1-7(2)6(16(11,12)13)14-4-3-5-15(8,9)10;;/h6H,3-5H2,1-2H3,(H,8,9,10)(H,11,12,13);;/q;+1;-1. The van der Waals surface area contributed by atoms with E-state index < -0.39 is 30.7 Å². The van der Waals surface area contributed by atoms with Crippen LogP contribution in [0, 0.1) is 0 Å². The molecule has 0 saturated heterocycles. The van der Waals surface area contributed by atoms with E-state index in [0.717, 1.165) is 11.8 Å². The Kier molecular flexibility index (Phi) is 10.0. The Labute approximate surface area is 130 Å². The first kappa shape index (κ1) is 20.4. The summed E-state index contributed by atoms with van der Waals surface area (Å²) in [5, 5.41) is 0. The molecule has 17 heavy (non-hydrogen) atoms. The van der Waals surface area contributed by atoms with Crippen LogP contribution in [-0.4, -0.2) is 61.1 Å². The number of hydrogen-bond donors (Lipinski definition) is 2. The van der Waals surface area contributed by atoms with Gasteiger partial charge in [-0.25, -0.2) is 0 Å². The van der Waals surface area contributed by atoms with Crippen LogP contribution in [0.4, 0.5) is 0 Å². The summed E-state index contributed by atoms with van der Waals surface area (Å²) in [6.45, 7) is 0. The van der Waals surface area contributed by atoms with Gasteiger partial charge in [0.15, 0.2) is 4.71 Å². The fourth-order valence-electron chi connectivity index (χ4n) is 0.927. The smallest absolute Gasteiger partial charge is 1.00 e. The van der Waals surface area contributed by atoms with Gasteiger partial charge in [-0.05, 0) is 26.3 Å². The van der Waals surface area contributed by atoms with Gasteiger partial charge in [0.2, 0.25) is 0 Å². The zero-order valence-corrected chi connectivity index (χ0v) is 14.3. The molecule has 0 aromatic carbocycles. The van der Waals surface area contributed by atoms with Gasteiger partial charge in [-0.1, -0.05) is 0 Å². The number of rotatable bonds is 7. The second-order valence-corrected chi connectivity index (χ2v) is 7.83. The SMILES string of the molecule is CN(C)C(SCCCS(=O)(=O)O)S(=O)(=O)O.[H-].[Na+]. The van der Waals surface area contributed by atoms with Crippen molar-refractivity contribution in [3.63, 3.8) is 0 Å². The molecule has 0 rings (SSSR count). The first-order valence-electron chi connectivity index (χ1n) is 4.23. The Morgan fingerprint density at radius 2 is 1.71 bits per heavy atom. The van der Waals surface area contributed by atoms with Crippen molar-refractivity contribution in [3.05, 3.63) is 0 Å². The van der Waals surface area contributed by atoms with E-state index in [0.29, 0.717) is 0 Å². The molecule has 100 valence electrons. The molecule has 0 amide bonds. The number of thioether (sulfide) groups is 1. The molecule has 7 nitrogen and oxygen atoms in total. The predicted molar refractivity (Wildman–Crippen MR) is 63.6 cm³/mol. The maximum Gasteiger partial charge on any atom is 1.00 e. The fraction of sp³-hybridized carbons (Fsp3) is 1.00. The maximum absolute atomic E-state index is 10.9. The van der Waals surface area contributed by atoms with Crippen LogP contribution in [0.25, 0.3) is 0 Å². The maximum atomic E-state index is 10.9. The first-order chi connectivity index (χ1) is 7.04. The largest absolute Gasteiger partial charge is 1.00 e. The normalized spacial score (nSPS) is 14.4. The molecule has 0 spiro atoms. The van der Waals surface area contributed by atoms with E-state index in [1.54, 1.807) is 0 Å². The molecular weight excluding hydrogens is 301 g/mol. The topological polar surface area (TPSA) is 112 Å². The van der Waals surface area contributed by atoms with Crippen molar-refractivity contribution in [2.45, 2.75) is 11.1 Å². The van der Waals surface area contributed by atoms with E-state index >= 15 is 0 Å². The van der Waals surface area contributed by atoms with E-state index in [9.17, 15) is 16.8 Å². The van der Waals surface area contributed by atoms with E-state index in [2.05, 4.69) is 0 Å². The summed E-state index contributed by atoms with van der Waals surface area (Å²) in [4.78, 5) is 1.30. The zero-order valence-electron chi connectivity index (χ0n) is 10.9. The van der Waals surface area contributed by atoms with Gasteiger partial charge in [-0.2, -0.15) is 16.8 Å². The Morgan fingerprint density at radius 3 is 2.00 bits per heavy atom. The van der Waals surface area contributed by atoms with E-state index in [1.165, 1.54) is 19.0 Å². The average molecular weight is 317 g/mol. The van der Waals surface area contributed by atoms with E-state index in [1.807, 2.05) is 0 Å². The summed E-state index contributed by atoms with van der Waals surface area (Å²) in [5.41, 5.74) is 0. The second-order valence-electron chi connectivity index (χ2n) is 3.30. The van der Waals surface area contributed by atoms with Crippen molar-refractivity contribution in [3.8, 4) is 0 Å². The van der Waals surface area contributed by atoms with E-state index in [-0.39, 0.29) is 43.2 Å². The summed E-state index contributed by atoms with van der Waals surface area (Å²) < 4.78 is 58.7. The molecule has 0 aliphatic carbocycles. The third-order valence-corrected chi connectivity index (χ3v) is 5.59. The first-order valence-corrected chi connectivity index (χ1v) is 8.39. The summed E-state index contributed by atoms with van der Waals surface area (Å²) in [5.74, 6) is -0.228. The molecule has 0 bridgehead atoms. The van der Waals surface area contributed by atoms with Gasteiger partial charge in [0.1, 0.15) is 0 Å². The molecule has 1 unspecified atom stereocenters. The molecule has 0 saturated carbocycles. The predicted octanol–water partition coefficient (Wildman–Crippen LogP) is -3.15. The average Bonchev–Trinajstić information content (AvgIpc) is 1.97. The van der Waals surface area contributed by atoms with Gasteiger partial charge in [-0.15, -0.1) is 11.8 Å². The molecule has 0 aromatic rings. The van der Waals surface area contributed by atoms with E-state index in [4.69, 9.17) is 9.11 Å². The molecule has 0 aromatic heterocycles. The summed E-state index contributed by atoms with van der Waals surface area (Å²) in [6.07, 6.45) is 0.114. The molecule has 1 atom stereocenters. The van der Waals surface area contributed by atoms with Gasteiger partial charge in [0, 0.05) is 0 Å². The third kappa shape index (κ3) is 10.7. The van der Waals surface area contributed by atoms with Crippen molar-refractivity contribution in [1.29, 1.82) is 0 Å². The molecule has 11 heteroatoms. The van der Waals surface area contributed by atoms with Crippen molar-refractivity contribution >= 4 is 32.0 Å². The molecule has 0 radical (unpaired) electrons. The zero-order chi connectivity index (χ0) is 13.0. The van der Waals surface area contributed by atoms with Crippen LogP contribution < -0.4 is 29.6 Å². The number of nitrogens with zero attached hydrogens (tertiary/aromatic N) is 1. The van der Waals surface area contributed by atoms with Crippen LogP contribution in [0.15, 0.2) is 0 Å². The fourth-order valence-corrected chi connectivity index (χ4v) is 3.94. The number of hydrogen-bond acceptors (Lipinski definition) is 6. The molecular formula is C6H16NNaO6S3. The molecule has 2 N–H and O–H groups in total. The Morgan fingerprint density at radius 1 is 1.24 bits per heavy atom. The quantitative estimate of drug-likeness (QED) is 0.219. The molecule has 0 heterocycles. The van der Waals surface area contributed by atoms with Crippen molar-refractivity contribution in [2.75, 3.05) is 25.6 Å². The van der Waals surface area contributed by atoms with Gasteiger partial charge in [0.05, 0.1) is 5.75 Å². The Bertz CT molecular complexity index is 411. The molecule has 0 fully saturated rings. The van der Waals surface area contributed by atoms with Crippen LogP contribution in [0.5, 0.6) is 0 Å². The van der Waals surface area contributed by atoms with Gasteiger partial charge >= 0.3 is 29.6 Å². The van der Waals surface area contributed by atoms with Crippen LogP contribution >= 0.6 is 11.8 Å². The van der Waals surface area contributed by atoms with Crippen molar-refractivity contribution < 1.29 is 56.9 Å². The monoisotopic (exact) mass is 317 g/mol. The van der Waals surface area contributed by atoms with Gasteiger partial charge in [-0.3, -0.25) is 14.0 Å². The molecule has 0 aliphatic heterocycles. The van der Waals surface area contributed by atoms with Crippen molar-refractivity contribution in [1.82, 2.24) is 4.90 Å².